The van der Waals surface area contributed by atoms with Gasteiger partial charge < -0.3 is 15.7 Å². The van der Waals surface area contributed by atoms with E-state index in [4.69, 9.17) is 0 Å². The molecule has 0 bridgehead atoms. The lowest BCUT2D eigenvalue weighted by Crippen LogP contribution is -2.41. The first-order valence-electron chi connectivity index (χ1n) is 6.03. The molecule has 2 rings (SSSR count). The van der Waals surface area contributed by atoms with Gasteiger partial charge in [0.2, 0.25) is 5.91 Å². The summed E-state index contributed by atoms with van der Waals surface area (Å²) in [5, 5.41) is 19.8. The van der Waals surface area contributed by atoms with E-state index in [2.05, 4.69) is 10.6 Å². The zero-order chi connectivity index (χ0) is 12.8. The summed E-state index contributed by atoms with van der Waals surface area (Å²) in [6, 6.07) is 2.14. The number of hydrogen-bond acceptors (Lipinski definition) is 5. The predicted octanol–water partition coefficient (Wildman–Crippen LogP) is 1.41. The van der Waals surface area contributed by atoms with E-state index in [0.717, 1.165) is 23.6 Å². The molecular formula is C12H19ClN2O2S2. The monoisotopic (exact) mass is 322 g/mol. The Morgan fingerprint density at radius 2 is 2.47 bits per heavy atom. The third-order valence-corrected chi connectivity index (χ3v) is 4.68. The van der Waals surface area contributed by atoms with Crippen molar-refractivity contribution in [3.63, 3.8) is 0 Å². The molecule has 0 aliphatic carbocycles. The second-order valence-electron chi connectivity index (χ2n) is 4.31. The minimum atomic E-state index is -0.603. The maximum atomic E-state index is 11.7. The topological polar surface area (TPSA) is 61.4 Å². The van der Waals surface area contributed by atoms with Crippen molar-refractivity contribution in [3.8, 4) is 0 Å². The van der Waals surface area contributed by atoms with Crippen LogP contribution in [0.3, 0.4) is 0 Å². The molecule has 0 radical (unpaired) electrons. The van der Waals surface area contributed by atoms with E-state index in [0.29, 0.717) is 6.42 Å². The Morgan fingerprint density at radius 3 is 3.11 bits per heavy atom. The van der Waals surface area contributed by atoms with Crippen LogP contribution in [0.1, 0.15) is 18.1 Å². The Kier molecular flexibility index (Phi) is 7.78. The van der Waals surface area contributed by atoms with Crippen molar-refractivity contribution in [2.45, 2.75) is 18.6 Å². The molecule has 108 valence electrons. The summed E-state index contributed by atoms with van der Waals surface area (Å²) in [6.07, 6.45) is -0.113. The number of carbonyl (C=O) groups is 1. The summed E-state index contributed by atoms with van der Waals surface area (Å²) in [4.78, 5) is 11.7. The molecule has 1 aromatic heterocycles. The van der Waals surface area contributed by atoms with Crippen molar-refractivity contribution in [2.24, 2.45) is 0 Å². The highest BCUT2D eigenvalue weighted by atomic mass is 35.5. The van der Waals surface area contributed by atoms with Crippen LogP contribution in [0.4, 0.5) is 0 Å². The van der Waals surface area contributed by atoms with Gasteiger partial charge in [-0.1, -0.05) is 0 Å². The minimum Gasteiger partial charge on any atom is -0.387 e. The molecule has 2 heterocycles. The Morgan fingerprint density at radius 1 is 1.63 bits per heavy atom. The summed E-state index contributed by atoms with van der Waals surface area (Å²) < 4.78 is 0. The molecule has 1 aliphatic heterocycles. The maximum absolute atomic E-state index is 11.7. The lowest BCUT2D eigenvalue weighted by atomic mass is 10.2. The number of nitrogens with one attached hydrogen (secondary N) is 2. The fourth-order valence-electron chi connectivity index (χ4n) is 1.84. The van der Waals surface area contributed by atoms with Crippen LogP contribution in [0.25, 0.3) is 0 Å². The summed E-state index contributed by atoms with van der Waals surface area (Å²) in [7, 11) is 0. The molecule has 2 atom stereocenters. The van der Waals surface area contributed by atoms with Gasteiger partial charge in [0.25, 0.3) is 0 Å². The van der Waals surface area contributed by atoms with E-state index in [1.54, 1.807) is 11.3 Å². The zero-order valence-corrected chi connectivity index (χ0v) is 13.0. The van der Waals surface area contributed by atoms with Gasteiger partial charge in [0, 0.05) is 37.1 Å². The molecule has 0 saturated carbocycles. The summed E-state index contributed by atoms with van der Waals surface area (Å²) in [6.45, 7) is 1.26. The highest BCUT2D eigenvalue weighted by Gasteiger charge is 2.17. The van der Waals surface area contributed by atoms with Crippen molar-refractivity contribution in [1.82, 2.24) is 10.6 Å². The standard InChI is InChI=1S/C12H18N2O2S2.ClH/c15-11(9-1-3-17-7-9)6-14-12(16)5-10-8-18-4-2-13-10;/h1,3,7,10-11,13,15H,2,4-6,8H2,(H,14,16);1H. The number of amides is 1. The number of hydrogen-bond donors (Lipinski definition) is 3. The van der Waals surface area contributed by atoms with Gasteiger partial charge in [-0.25, -0.2) is 0 Å². The van der Waals surface area contributed by atoms with Crippen molar-refractivity contribution in [3.05, 3.63) is 22.4 Å². The second-order valence-corrected chi connectivity index (χ2v) is 6.24. The fraction of sp³-hybridized carbons (Fsp3) is 0.583. The van der Waals surface area contributed by atoms with Gasteiger partial charge in [0.1, 0.15) is 0 Å². The average molecular weight is 323 g/mol. The third kappa shape index (κ3) is 5.71. The maximum Gasteiger partial charge on any atom is 0.221 e. The molecule has 7 heteroatoms. The van der Waals surface area contributed by atoms with Crippen LogP contribution in [0.5, 0.6) is 0 Å². The first-order chi connectivity index (χ1) is 8.75. The van der Waals surface area contributed by atoms with Gasteiger partial charge >= 0.3 is 0 Å². The summed E-state index contributed by atoms with van der Waals surface area (Å²) in [5.74, 6) is 2.11. The number of thioether (sulfide) groups is 1. The molecule has 3 N–H and O–H groups in total. The summed E-state index contributed by atoms with van der Waals surface area (Å²) >= 11 is 3.42. The molecule has 0 spiro atoms. The molecule has 1 aliphatic rings. The number of rotatable bonds is 5. The van der Waals surface area contributed by atoms with E-state index in [1.165, 1.54) is 0 Å². The first-order valence-corrected chi connectivity index (χ1v) is 8.13. The zero-order valence-electron chi connectivity index (χ0n) is 10.5. The first kappa shape index (κ1) is 16.8. The second kappa shape index (κ2) is 8.81. The van der Waals surface area contributed by atoms with Crippen LogP contribution < -0.4 is 10.6 Å². The SMILES string of the molecule is Cl.O=C(CC1CSCCN1)NCC(O)c1ccsc1. The molecule has 0 aromatic carbocycles. The van der Waals surface area contributed by atoms with E-state index in [9.17, 15) is 9.90 Å². The Balaban J connectivity index is 0.00000180. The molecular weight excluding hydrogens is 304 g/mol. The van der Waals surface area contributed by atoms with E-state index >= 15 is 0 Å². The number of aliphatic hydroxyl groups excluding tert-OH is 1. The van der Waals surface area contributed by atoms with Gasteiger partial charge in [-0.05, 0) is 22.4 Å². The van der Waals surface area contributed by atoms with Crippen LogP contribution in [-0.4, -0.2) is 41.7 Å². The number of thiophene rings is 1. The van der Waals surface area contributed by atoms with Crippen molar-refractivity contribution in [1.29, 1.82) is 0 Å². The molecule has 1 fully saturated rings. The highest BCUT2D eigenvalue weighted by Crippen LogP contribution is 2.15. The Hall–Kier alpha value is -0.270. The lowest BCUT2D eigenvalue weighted by Gasteiger charge is -2.22. The fourth-order valence-corrected chi connectivity index (χ4v) is 3.50. The number of halogens is 1. The molecule has 1 aromatic rings. The molecule has 1 amide bonds. The van der Waals surface area contributed by atoms with Crippen molar-refractivity contribution in [2.75, 3.05) is 24.6 Å². The molecule has 2 unspecified atom stereocenters. The van der Waals surface area contributed by atoms with Crippen molar-refractivity contribution < 1.29 is 9.90 Å². The van der Waals surface area contributed by atoms with Crippen LogP contribution >= 0.6 is 35.5 Å². The predicted molar refractivity (Wildman–Crippen MR) is 83.3 cm³/mol. The van der Waals surface area contributed by atoms with Crippen LogP contribution in [0, 0.1) is 0 Å². The number of aliphatic hydroxyl groups is 1. The van der Waals surface area contributed by atoms with Crippen LogP contribution in [0.2, 0.25) is 0 Å². The minimum absolute atomic E-state index is 0. The highest BCUT2D eigenvalue weighted by molar-refractivity contribution is 7.99. The normalized spacial score (nSPS) is 20.4. The quantitative estimate of drug-likeness (QED) is 0.767. The smallest absolute Gasteiger partial charge is 0.221 e. The Bertz CT molecular complexity index is 370. The largest absolute Gasteiger partial charge is 0.387 e. The molecule has 19 heavy (non-hydrogen) atoms. The summed E-state index contributed by atoms with van der Waals surface area (Å²) in [5.41, 5.74) is 0.867. The third-order valence-electron chi connectivity index (χ3n) is 2.85. The van der Waals surface area contributed by atoms with Gasteiger partial charge in [0.05, 0.1) is 6.10 Å². The number of carbonyl (C=O) groups excluding carboxylic acids is 1. The van der Waals surface area contributed by atoms with Gasteiger partial charge in [0.15, 0.2) is 0 Å². The van der Waals surface area contributed by atoms with Crippen LogP contribution in [0.15, 0.2) is 16.8 Å². The van der Waals surface area contributed by atoms with Gasteiger partial charge in [-0.15, -0.1) is 12.4 Å². The van der Waals surface area contributed by atoms with Gasteiger partial charge in [-0.2, -0.15) is 23.1 Å². The molecule has 1 saturated heterocycles. The van der Waals surface area contributed by atoms with Gasteiger partial charge in [-0.3, -0.25) is 4.79 Å². The Labute approximate surface area is 127 Å². The lowest BCUT2D eigenvalue weighted by molar-refractivity contribution is -0.121. The van der Waals surface area contributed by atoms with E-state index in [-0.39, 0.29) is 30.9 Å². The van der Waals surface area contributed by atoms with E-state index in [1.807, 2.05) is 28.6 Å². The van der Waals surface area contributed by atoms with E-state index < -0.39 is 6.10 Å². The average Bonchev–Trinajstić information content (AvgIpc) is 2.91. The van der Waals surface area contributed by atoms with Crippen LogP contribution in [-0.2, 0) is 4.79 Å². The molecule has 4 nitrogen and oxygen atoms in total. The van der Waals surface area contributed by atoms with Crippen molar-refractivity contribution >= 4 is 41.4 Å².